The molecule has 1 aromatic carbocycles. The molecule has 1 amide bonds. The van der Waals surface area contributed by atoms with Gasteiger partial charge in [0.1, 0.15) is 6.61 Å². The van der Waals surface area contributed by atoms with E-state index in [0.717, 1.165) is 31.5 Å². The third-order valence-electron chi connectivity index (χ3n) is 4.18. The largest absolute Gasteiger partial charge is 0.493 e. The fourth-order valence-corrected chi connectivity index (χ4v) is 3.03. The molecule has 0 saturated carbocycles. The predicted molar refractivity (Wildman–Crippen MR) is 85.1 cm³/mol. The average molecular weight is 302 g/mol. The van der Waals surface area contributed by atoms with Gasteiger partial charge >= 0.3 is 0 Å². The third kappa shape index (κ3) is 3.09. The van der Waals surface area contributed by atoms with E-state index in [2.05, 4.69) is 17.3 Å². The highest BCUT2D eigenvalue weighted by Gasteiger charge is 2.23. The fourth-order valence-electron chi connectivity index (χ4n) is 3.03. The third-order valence-corrected chi connectivity index (χ3v) is 4.18. The molecular formula is C17H22N2O3. The van der Waals surface area contributed by atoms with E-state index in [1.807, 2.05) is 24.3 Å². The highest BCUT2D eigenvalue weighted by molar-refractivity contribution is 5.99. The summed E-state index contributed by atoms with van der Waals surface area (Å²) in [7, 11) is 3.70. The first-order valence-electron chi connectivity index (χ1n) is 7.67. The summed E-state index contributed by atoms with van der Waals surface area (Å²) in [6.45, 7) is 2.29. The number of nitrogens with one attached hydrogen (secondary N) is 1. The lowest BCUT2D eigenvalue weighted by atomic mass is 10.0. The summed E-state index contributed by atoms with van der Waals surface area (Å²) in [5.74, 6) is 1.37. The van der Waals surface area contributed by atoms with Gasteiger partial charge in [0.25, 0.3) is 5.91 Å². The summed E-state index contributed by atoms with van der Waals surface area (Å²) < 4.78 is 11.0. The van der Waals surface area contributed by atoms with E-state index in [4.69, 9.17) is 9.47 Å². The number of carbonyl (C=O) groups is 1. The van der Waals surface area contributed by atoms with Gasteiger partial charge in [-0.2, -0.15) is 0 Å². The van der Waals surface area contributed by atoms with Gasteiger partial charge in [-0.1, -0.05) is 12.1 Å². The number of benzene rings is 1. The second-order valence-electron chi connectivity index (χ2n) is 5.91. The number of amides is 1. The topological polar surface area (TPSA) is 50.8 Å². The quantitative estimate of drug-likeness (QED) is 0.923. The Balaban J connectivity index is 1.72. The van der Waals surface area contributed by atoms with Crippen LogP contribution in [0.25, 0.3) is 6.08 Å². The van der Waals surface area contributed by atoms with E-state index in [9.17, 15) is 4.79 Å². The van der Waals surface area contributed by atoms with Crippen LogP contribution in [0.15, 0.2) is 23.8 Å². The summed E-state index contributed by atoms with van der Waals surface area (Å²) in [5.41, 5.74) is 1.55. The Labute approximate surface area is 130 Å². The normalized spacial score (nSPS) is 21.4. The molecule has 1 saturated heterocycles. The van der Waals surface area contributed by atoms with Crippen molar-refractivity contribution in [1.29, 1.82) is 0 Å². The molecule has 5 heteroatoms. The molecule has 1 atom stereocenters. The van der Waals surface area contributed by atoms with Crippen molar-refractivity contribution in [2.45, 2.75) is 18.9 Å². The molecule has 0 aromatic heterocycles. The van der Waals surface area contributed by atoms with Gasteiger partial charge in [0, 0.05) is 18.2 Å². The molecule has 2 aliphatic heterocycles. The van der Waals surface area contributed by atoms with Gasteiger partial charge in [0.15, 0.2) is 11.5 Å². The Bertz CT molecular complexity index is 598. The molecule has 5 nitrogen and oxygen atoms in total. The molecule has 0 unspecified atom stereocenters. The Morgan fingerprint density at radius 3 is 3.09 bits per heavy atom. The van der Waals surface area contributed by atoms with Crippen molar-refractivity contribution in [3.63, 3.8) is 0 Å². The van der Waals surface area contributed by atoms with Crippen LogP contribution < -0.4 is 14.8 Å². The minimum atomic E-state index is -0.0335. The smallest absolute Gasteiger partial charge is 0.250 e. The van der Waals surface area contributed by atoms with Crippen molar-refractivity contribution in [3.8, 4) is 11.5 Å². The minimum Gasteiger partial charge on any atom is -0.493 e. The van der Waals surface area contributed by atoms with E-state index in [1.54, 1.807) is 7.11 Å². The zero-order valence-corrected chi connectivity index (χ0v) is 13.1. The van der Waals surface area contributed by atoms with Crippen LogP contribution in [0.4, 0.5) is 0 Å². The lowest BCUT2D eigenvalue weighted by Gasteiger charge is -2.30. The van der Waals surface area contributed by atoms with E-state index >= 15 is 0 Å². The first kappa shape index (κ1) is 14.9. The van der Waals surface area contributed by atoms with Gasteiger partial charge in [-0.3, -0.25) is 4.79 Å². The van der Waals surface area contributed by atoms with Crippen molar-refractivity contribution in [2.75, 3.05) is 33.9 Å². The van der Waals surface area contributed by atoms with Crippen LogP contribution in [-0.2, 0) is 4.79 Å². The number of carbonyl (C=O) groups excluding carboxylic acids is 1. The maximum absolute atomic E-state index is 12.4. The summed E-state index contributed by atoms with van der Waals surface area (Å²) >= 11 is 0. The Morgan fingerprint density at radius 2 is 2.32 bits per heavy atom. The average Bonchev–Trinajstić information content (AvgIpc) is 2.53. The number of likely N-dealkylation sites (N-methyl/N-ethyl adjacent to an activating group) is 1. The number of ether oxygens (including phenoxy) is 2. The number of piperidine rings is 1. The zero-order chi connectivity index (χ0) is 15.5. The zero-order valence-electron chi connectivity index (χ0n) is 13.1. The molecular weight excluding hydrogens is 280 g/mol. The molecule has 0 bridgehead atoms. The monoisotopic (exact) mass is 302 g/mol. The number of likely N-dealkylation sites (tertiary alicyclic amines) is 1. The molecule has 0 spiro atoms. The lowest BCUT2D eigenvalue weighted by molar-refractivity contribution is -0.118. The number of rotatable bonds is 3. The fraction of sp³-hybridized carbons (Fsp3) is 0.471. The van der Waals surface area contributed by atoms with Gasteiger partial charge in [0.05, 0.1) is 12.7 Å². The molecule has 1 aromatic rings. The summed E-state index contributed by atoms with van der Waals surface area (Å²) in [4.78, 5) is 14.7. The van der Waals surface area contributed by atoms with Crippen LogP contribution >= 0.6 is 0 Å². The number of para-hydroxylation sites is 1. The van der Waals surface area contributed by atoms with Crippen LogP contribution in [0.3, 0.4) is 0 Å². The molecule has 3 rings (SSSR count). The van der Waals surface area contributed by atoms with Gasteiger partial charge in [0.2, 0.25) is 0 Å². The maximum atomic E-state index is 12.4. The van der Waals surface area contributed by atoms with Gasteiger partial charge in [-0.15, -0.1) is 0 Å². The van der Waals surface area contributed by atoms with E-state index in [1.165, 1.54) is 0 Å². The van der Waals surface area contributed by atoms with Crippen LogP contribution in [0.2, 0.25) is 0 Å². The highest BCUT2D eigenvalue weighted by atomic mass is 16.5. The summed E-state index contributed by atoms with van der Waals surface area (Å²) in [6.07, 6.45) is 4.05. The number of hydrogen-bond donors (Lipinski definition) is 1. The Kier molecular flexibility index (Phi) is 4.34. The lowest BCUT2D eigenvalue weighted by Crippen LogP contribution is -2.47. The van der Waals surface area contributed by atoms with Crippen molar-refractivity contribution >= 4 is 12.0 Å². The van der Waals surface area contributed by atoms with Gasteiger partial charge in [-0.05, 0) is 38.6 Å². The van der Waals surface area contributed by atoms with Gasteiger partial charge < -0.3 is 19.7 Å². The van der Waals surface area contributed by atoms with Crippen LogP contribution in [0.1, 0.15) is 18.4 Å². The predicted octanol–water partition coefficient (Wildman–Crippen LogP) is 1.68. The SMILES string of the molecule is COc1cccc2c1OCC(C(=O)N[C@H]1CCCN(C)C1)=C2. The molecule has 0 radical (unpaired) electrons. The molecule has 2 aliphatic rings. The maximum Gasteiger partial charge on any atom is 0.250 e. The highest BCUT2D eigenvalue weighted by Crippen LogP contribution is 2.35. The molecule has 22 heavy (non-hydrogen) atoms. The van der Waals surface area contributed by atoms with E-state index in [-0.39, 0.29) is 18.6 Å². The van der Waals surface area contributed by atoms with Crippen molar-refractivity contribution < 1.29 is 14.3 Å². The minimum absolute atomic E-state index is 0.0335. The standard InChI is InChI=1S/C17H22N2O3/c1-19-8-4-6-14(10-19)18-17(20)13-9-12-5-3-7-15(21-2)16(12)22-11-13/h3,5,7,9,14H,4,6,8,10-11H2,1-2H3,(H,18,20)/t14-/m0/s1. The van der Waals surface area contributed by atoms with Gasteiger partial charge in [-0.25, -0.2) is 0 Å². The van der Waals surface area contributed by atoms with E-state index in [0.29, 0.717) is 17.1 Å². The number of hydrogen-bond acceptors (Lipinski definition) is 4. The molecule has 0 aliphatic carbocycles. The Morgan fingerprint density at radius 1 is 1.45 bits per heavy atom. The second-order valence-corrected chi connectivity index (χ2v) is 5.91. The van der Waals surface area contributed by atoms with Crippen molar-refractivity contribution in [1.82, 2.24) is 10.2 Å². The molecule has 2 heterocycles. The van der Waals surface area contributed by atoms with Crippen LogP contribution in [0.5, 0.6) is 11.5 Å². The summed E-state index contributed by atoms with van der Waals surface area (Å²) in [6, 6.07) is 5.90. The van der Waals surface area contributed by atoms with E-state index < -0.39 is 0 Å². The number of methoxy groups -OCH3 is 1. The number of fused-ring (bicyclic) bond motifs is 1. The van der Waals surface area contributed by atoms with Crippen LogP contribution in [0, 0.1) is 0 Å². The first-order chi connectivity index (χ1) is 10.7. The molecule has 118 valence electrons. The first-order valence-corrected chi connectivity index (χ1v) is 7.67. The summed E-state index contributed by atoms with van der Waals surface area (Å²) in [5, 5.41) is 3.12. The second kappa shape index (κ2) is 6.40. The van der Waals surface area contributed by atoms with Crippen LogP contribution in [-0.4, -0.2) is 50.7 Å². The van der Waals surface area contributed by atoms with Crippen molar-refractivity contribution in [3.05, 3.63) is 29.3 Å². The Hall–Kier alpha value is -2.01. The molecule has 1 N–H and O–H groups in total. The number of nitrogens with zero attached hydrogens (tertiary/aromatic N) is 1. The van der Waals surface area contributed by atoms with Crippen molar-refractivity contribution in [2.24, 2.45) is 0 Å². The molecule has 1 fully saturated rings.